The van der Waals surface area contributed by atoms with Gasteiger partial charge in [0, 0.05) is 16.2 Å². The molecule has 0 aliphatic heterocycles. The molecule has 4 heteroatoms. The first-order valence-corrected chi connectivity index (χ1v) is 8.15. The molecule has 0 amide bonds. The van der Waals surface area contributed by atoms with Crippen LogP contribution in [0.4, 0.5) is 5.69 Å². The zero-order valence-electron chi connectivity index (χ0n) is 11.1. The van der Waals surface area contributed by atoms with Gasteiger partial charge in [0.15, 0.2) is 5.11 Å². The summed E-state index contributed by atoms with van der Waals surface area (Å²) in [6.45, 7) is 2.09. The van der Waals surface area contributed by atoms with E-state index < -0.39 is 0 Å². The Kier molecular flexibility index (Phi) is 3.81. The molecule has 0 saturated heterocycles. The molecule has 0 radical (unpaired) electrons. The first-order chi connectivity index (χ1) is 9.11. The molecule has 2 N–H and O–H groups in total. The van der Waals surface area contributed by atoms with E-state index in [1.54, 1.807) is 0 Å². The van der Waals surface area contributed by atoms with Crippen LogP contribution in [0.25, 0.3) is 0 Å². The van der Waals surface area contributed by atoms with Crippen molar-refractivity contribution in [1.82, 2.24) is 5.32 Å². The van der Waals surface area contributed by atoms with Crippen LogP contribution in [0.1, 0.15) is 31.2 Å². The maximum Gasteiger partial charge on any atom is 0.171 e. The quantitative estimate of drug-likeness (QED) is 0.789. The average Bonchev–Trinajstić information content (AvgIpc) is 2.95. The van der Waals surface area contributed by atoms with Crippen LogP contribution in [-0.2, 0) is 0 Å². The van der Waals surface area contributed by atoms with Gasteiger partial charge in [-0.3, -0.25) is 0 Å². The predicted molar refractivity (Wildman–Crippen MR) is 87.5 cm³/mol. The van der Waals surface area contributed by atoms with Gasteiger partial charge in [0.2, 0.25) is 0 Å². The van der Waals surface area contributed by atoms with Crippen molar-refractivity contribution in [2.75, 3.05) is 5.32 Å². The molecule has 2 fully saturated rings. The number of hydrogen-bond donors (Lipinski definition) is 2. The minimum atomic E-state index is 0.592. The zero-order chi connectivity index (χ0) is 13.4. The molecule has 2 bridgehead atoms. The van der Waals surface area contributed by atoms with Crippen LogP contribution in [0.3, 0.4) is 0 Å². The SMILES string of the molecule is Cc1cc(Br)ccc1NC(=S)N[C@@H]1C[C@@H]2CC[C@@H]1C2. The number of thiocarbonyl (C=S) groups is 1. The third-order valence-corrected chi connectivity index (χ3v) is 5.20. The molecule has 2 aliphatic carbocycles. The third-order valence-electron chi connectivity index (χ3n) is 4.49. The Bertz CT molecular complexity index is 503. The second kappa shape index (κ2) is 5.41. The Morgan fingerprint density at radius 2 is 2.16 bits per heavy atom. The van der Waals surface area contributed by atoms with Crippen molar-refractivity contribution in [3.05, 3.63) is 28.2 Å². The predicted octanol–water partition coefficient (Wildman–Crippen LogP) is 4.23. The maximum atomic E-state index is 5.45. The number of anilines is 1. The molecule has 2 aliphatic rings. The minimum absolute atomic E-state index is 0.592. The van der Waals surface area contributed by atoms with Crippen LogP contribution in [0.2, 0.25) is 0 Å². The minimum Gasteiger partial charge on any atom is -0.359 e. The van der Waals surface area contributed by atoms with E-state index in [-0.39, 0.29) is 0 Å². The molecule has 0 heterocycles. The number of fused-ring (bicyclic) bond motifs is 2. The monoisotopic (exact) mass is 338 g/mol. The van der Waals surface area contributed by atoms with Crippen molar-refractivity contribution >= 4 is 38.9 Å². The highest BCUT2D eigenvalue weighted by molar-refractivity contribution is 9.10. The molecule has 1 aromatic carbocycles. The number of hydrogen-bond acceptors (Lipinski definition) is 1. The van der Waals surface area contributed by atoms with Gasteiger partial charge < -0.3 is 10.6 Å². The summed E-state index contributed by atoms with van der Waals surface area (Å²) < 4.78 is 1.10. The molecule has 1 aromatic rings. The second-order valence-corrected chi connectivity index (χ2v) is 7.16. The van der Waals surface area contributed by atoms with Crippen LogP contribution in [0, 0.1) is 18.8 Å². The van der Waals surface area contributed by atoms with E-state index >= 15 is 0 Å². The van der Waals surface area contributed by atoms with Crippen LogP contribution in [-0.4, -0.2) is 11.2 Å². The van der Waals surface area contributed by atoms with Gasteiger partial charge >= 0.3 is 0 Å². The Labute approximate surface area is 128 Å². The summed E-state index contributed by atoms with van der Waals surface area (Å²) in [6.07, 6.45) is 5.50. The van der Waals surface area contributed by atoms with Crippen LogP contribution in [0.15, 0.2) is 22.7 Å². The highest BCUT2D eigenvalue weighted by atomic mass is 79.9. The lowest BCUT2D eigenvalue weighted by atomic mass is 9.95. The fourth-order valence-electron chi connectivity index (χ4n) is 3.52. The van der Waals surface area contributed by atoms with Crippen molar-refractivity contribution in [3.8, 4) is 0 Å². The van der Waals surface area contributed by atoms with Crippen LogP contribution < -0.4 is 10.6 Å². The van der Waals surface area contributed by atoms with E-state index in [1.165, 1.54) is 31.2 Å². The van der Waals surface area contributed by atoms with Crippen LogP contribution in [0.5, 0.6) is 0 Å². The van der Waals surface area contributed by atoms with Gasteiger partial charge in [0.25, 0.3) is 0 Å². The fraction of sp³-hybridized carbons (Fsp3) is 0.533. The number of aryl methyl sites for hydroxylation is 1. The molecule has 0 spiro atoms. The van der Waals surface area contributed by atoms with Crippen molar-refractivity contribution in [2.24, 2.45) is 11.8 Å². The maximum absolute atomic E-state index is 5.45. The Morgan fingerprint density at radius 3 is 2.79 bits per heavy atom. The van der Waals surface area contributed by atoms with Gasteiger partial charge in [-0.25, -0.2) is 0 Å². The highest BCUT2D eigenvalue weighted by Crippen LogP contribution is 2.44. The summed E-state index contributed by atoms with van der Waals surface area (Å²) in [5.74, 6) is 1.79. The largest absolute Gasteiger partial charge is 0.359 e. The van der Waals surface area contributed by atoms with Gasteiger partial charge in [-0.05, 0) is 74.0 Å². The molecule has 3 atom stereocenters. The van der Waals surface area contributed by atoms with Crippen molar-refractivity contribution in [3.63, 3.8) is 0 Å². The van der Waals surface area contributed by atoms with Gasteiger partial charge in [0.1, 0.15) is 0 Å². The van der Waals surface area contributed by atoms with E-state index in [9.17, 15) is 0 Å². The van der Waals surface area contributed by atoms with Gasteiger partial charge in [-0.15, -0.1) is 0 Å². The van der Waals surface area contributed by atoms with Crippen molar-refractivity contribution in [1.29, 1.82) is 0 Å². The lowest BCUT2D eigenvalue weighted by Crippen LogP contribution is -2.40. The summed E-state index contributed by atoms with van der Waals surface area (Å²) >= 11 is 8.93. The normalized spacial score (nSPS) is 28.4. The topological polar surface area (TPSA) is 24.1 Å². The lowest BCUT2D eigenvalue weighted by molar-refractivity contribution is 0.392. The second-order valence-electron chi connectivity index (χ2n) is 5.84. The summed E-state index contributed by atoms with van der Waals surface area (Å²) in [4.78, 5) is 0. The van der Waals surface area contributed by atoms with E-state index in [1.807, 2.05) is 6.07 Å². The number of halogens is 1. The smallest absolute Gasteiger partial charge is 0.171 e. The number of rotatable bonds is 2. The first kappa shape index (κ1) is 13.4. The standard InChI is InChI=1S/C15H19BrN2S/c1-9-6-12(16)4-5-13(9)17-15(19)18-14-8-10-2-3-11(14)7-10/h4-6,10-11,14H,2-3,7-8H2,1H3,(H2,17,18,19)/t10-,11-,14-/m1/s1. The summed E-state index contributed by atoms with van der Waals surface area (Å²) in [6, 6.07) is 6.79. The van der Waals surface area contributed by atoms with Crippen molar-refractivity contribution in [2.45, 2.75) is 38.6 Å². The van der Waals surface area contributed by atoms with Crippen LogP contribution >= 0.6 is 28.1 Å². The summed E-state index contributed by atoms with van der Waals surface area (Å²) in [7, 11) is 0. The molecule has 0 unspecified atom stereocenters. The lowest BCUT2D eigenvalue weighted by Gasteiger charge is -2.24. The van der Waals surface area contributed by atoms with E-state index in [0.29, 0.717) is 6.04 Å². The summed E-state index contributed by atoms with van der Waals surface area (Å²) in [5.41, 5.74) is 2.29. The summed E-state index contributed by atoms with van der Waals surface area (Å²) in [5, 5.41) is 7.60. The molecule has 2 saturated carbocycles. The molecule has 3 rings (SSSR count). The molecule has 102 valence electrons. The third kappa shape index (κ3) is 2.95. The Hall–Kier alpha value is -0.610. The number of nitrogens with one attached hydrogen (secondary N) is 2. The first-order valence-electron chi connectivity index (χ1n) is 6.95. The van der Waals surface area contributed by atoms with Crippen molar-refractivity contribution < 1.29 is 0 Å². The number of benzene rings is 1. The van der Waals surface area contributed by atoms with Gasteiger partial charge in [-0.2, -0.15) is 0 Å². The Balaban J connectivity index is 1.59. The average molecular weight is 339 g/mol. The van der Waals surface area contributed by atoms with E-state index in [2.05, 4.69) is 45.6 Å². The molecule has 0 aromatic heterocycles. The van der Waals surface area contributed by atoms with Gasteiger partial charge in [-0.1, -0.05) is 22.4 Å². The van der Waals surface area contributed by atoms with E-state index in [4.69, 9.17) is 12.2 Å². The highest BCUT2D eigenvalue weighted by Gasteiger charge is 2.39. The molecular formula is C15H19BrN2S. The Morgan fingerprint density at radius 1 is 1.32 bits per heavy atom. The van der Waals surface area contributed by atoms with Gasteiger partial charge in [0.05, 0.1) is 0 Å². The van der Waals surface area contributed by atoms with E-state index in [0.717, 1.165) is 27.1 Å². The zero-order valence-corrected chi connectivity index (χ0v) is 13.5. The molecular weight excluding hydrogens is 320 g/mol. The fourth-order valence-corrected chi connectivity index (χ4v) is 4.25. The molecule has 2 nitrogen and oxygen atoms in total. The molecule has 19 heavy (non-hydrogen) atoms.